The second kappa shape index (κ2) is 4.37. The summed E-state index contributed by atoms with van der Waals surface area (Å²) in [5.41, 5.74) is 6.87. The van der Waals surface area contributed by atoms with Gasteiger partial charge >= 0.3 is 0 Å². The summed E-state index contributed by atoms with van der Waals surface area (Å²) in [4.78, 5) is 3.88. The van der Waals surface area contributed by atoms with Crippen LogP contribution in [0.1, 0.15) is 18.4 Å². The molecule has 16 heavy (non-hydrogen) atoms. The zero-order chi connectivity index (χ0) is 11.5. The molecule has 84 valence electrons. The van der Waals surface area contributed by atoms with E-state index in [1.54, 1.807) is 13.2 Å². The van der Waals surface area contributed by atoms with E-state index >= 15 is 0 Å². The van der Waals surface area contributed by atoms with Crippen molar-refractivity contribution in [1.29, 1.82) is 5.26 Å². The number of methoxy groups -OCH3 is 1. The van der Waals surface area contributed by atoms with Crippen LogP contribution in [0.3, 0.4) is 0 Å². The van der Waals surface area contributed by atoms with Crippen LogP contribution in [0.15, 0.2) is 12.3 Å². The van der Waals surface area contributed by atoms with Crippen LogP contribution in [-0.2, 0) is 4.74 Å². The lowest BCUT2D eigenvalue weighted by Gasteiger charge is -2.35. The first-order chi connectivity index (χ1) is 7.72. The van der Waals surface area contributed by atoms with Gasteiger partial charge in [0.05, 0.1) is 17.4 Å². The lowest BCUT2D eigenvalue weighted by molar-refractivity contribution is 0.0328. The lowest BCUT2D eigenvalue weighted by Crippen LogP contribution is -2.40. The molecular formula is C11H14N4O. The van der Waals surface area contributed by atoms with E-state index in [1.807, 2.05) is 0 Å². The third-order valence-corrected chi connectivity index (χ3v) is 2.83. The predicted molar refractivity (Wildman–Crippen MR) is 60.8 cm³/mol. The van der Waals surface area contributed by atoms with Crippen molar-refractivity contribution < 1.29 is 4.74 Å². The Kier molecular flexibility index (Phi) is 2.93. The topological polar surface area (TPSA) is 84.0 Å². The fourth-order valence-electron chi connectivity index (χ4n) is 1.78. The maximum absolute atomic E-state index is 8.92. The van der Waals surface area contributed by atoms with E-state index < -0.39 is 0 Å². The Balaban J connectivity index is 2.04. The lowest BCUT2D eigenvalue weighted by atomic mass is 9.89. The monoisotopic (exact) mass is 218 g/mol. The summed E-state index contributed by atoms with van der Waals surface area (Å²) in [7, 11) is 1.71. The molecule has 1 aliphatic rings. The highest BCUT2D eigenvalue weighted by molar-refractivity contribution is 5.61. The van der Waals surface area contributed by atoms with Crippen molar-refractivity contribution in [2.45, 2.75) is 25.0 Å². The van der Waals surface area contributed by atoms with Gasteiger partial charge in [-0.2, -0.15) is 5.26 Å². The Morgan fingerprint density at radius 2 is 2.38 bits per heavy atom. The van der Waals surface area contributed by atoms with E-state index in [1.165, 1.54) is 6.20 Å². The van der Waals surface area contributed by atoms with Crippen LogP contribution >= 0.6 is 0 Å². The van der Waals surface area contributed by atoms with Crippen molar-refractivity contribution in [2.24, 2.45) is 0 Å². The molecule has 0 bridgehead atoms. The predicted octanol–water partition coefficient (Wildman–Crippen LogP) is 1.12. The summed E-state index contributed by atoms with van der Waals surface area (Å²) in [5, 5.41) is 12.2. The minimum atomic E-state index is 0.335. The number of pyridine rings is 1. The number of rotatable bonds is 3. The van der Waals surface area contributed by atoms with Gasteiger partial charge < -0.3 is 15.8 Å². The molecule has 0 spiro atoms. The molecule has 0 amide bonds. The number of nitrogens with zero attached hydrogens (tertiary/aromatic N) is 2. The highest BCUT2D eigenvalue weighted by Gasteiger charge is 2.29. The standard InChI is InChI=1S/C11H14N4O/c1-16-9-2-8(3-9)15-10-4-11(13)14-6-7(10)5-12/h4,6,8-9H,2-3H2,1H3,(H3,13,14,15). The summed E-state index contributed by atoms with van der Waals surface area (Å²) in [6, 6.07) is 4.14. The molecule has 1 heterocycles. The Morgan fingerprint density at radius 1 is 1.62 bits per heavy atom. The first kappa shape index (κ1) is 10.7. The Bertz CT molecular complexity index is 420. The normalized spacial score (nSPS) is 23.2. The van der Waals surface area contributed by atoms with Crippen molar-refractivity contribution in [1.82, 2.24) is 4.98 Å². The molecule has 0 unspecified atom stereocenters. The van der Waals surface area contributed by atoms with Gasteiger partial charge in [0.2, 0.25) is 0 Å². The number of hydrogen-bond acceptors (Lipinski definition) is 5. The van der Waals surface area contributed by atoms with Crippen molar-refractivity contribution in [2.75, 3.05) is 18.2 Å². The van der Waals surface area contributed by atoms with Gasteiger partial charge in [0.25, 0.3) is 0 Å². The van der Waals surface area contributed by atoms with E-state index in [4.69, 9.17) is 15.7 Å². The number of hydrogen-bond donors (Lipinski definition) is 2. The molecule has 2 rings (SSSR count). The summed E-state index contributed by atoms with van der Waals surface area (Å²) < 4.78 is 5.19. The SMILES string of the molecule is COC1CC(Nc2cc(N)ncc2C#N)C1. The smallest absolute Gasteiger partial charge is 0.125 e. The van der Waals surface area contributed by atoms with Gasteiger partial charge in [-0.15, -0.1) is 0 Å². The van der Waals surface area contributed by atoms with Crippen molar-refractivity contribution >= 4 is 11.5 Å². The first-order valence-electron chi connectivity index (χ1n) is 5.18. The van der Waals surface area contributed by atoms with Crippen LogP contribution in [0.25, 0.3) is 0 Å². The molecule has 5 heteroatoms. The summed E-state index contributed by atoms with van der Waals surface area (Å²) >= 11 is 0. The van der Waals surface area contributed by atoms with Gasteiger partial charge in [-0.3, -0.25) is 0 Å². The van der Waals surface area contributed by atoms with E-state index in [0.717, 1.165) is 18.5 Å². The summed E-state index contributed by atoms with van der Waals surface area (Å²) in [6.45, 7) is 0. The van der Waals surface area contributed by atoms with Gasteiger partial charge in [-0.25, -0.2) is 4.98 Å². The average molecular weight is 218 g/mol. The Morgan fingerprint density at radius 3 is 3.00 bits per heavy atom. The molecule has 1 saturated carbocycles. The maximum Gasteiger partial charge on any atom is 0.125 e. The molecule has 0 radical (unpaired) electrons. The highest BCUT2D eigenvalue weighted by atomic mass is 16.5. The van der Waals surface area contributed by atoms with Gasteiger partial charge in [0.1, 0.15) is 11.9 Å². The van der Waals surface area contributed by atoms with Gasteiger partial charge in [0, 0.05) is 25.4 Å². The molecule has 0 atom stereocenters. The molecule has 1 aromatic heterocycles. The molecule has 0 saturated heterocycles. The molecule has 3 N–H and O–H groups in total. The fraction of sp³-hybridized carbons (Fsp3) is 0.455. The van der Waals surface area contributed by atoms with Crippen molar-refractivity contribution in [3.05, 3.63) is 17.8 Å². The number of nitrogens with one attached hydrogen (secondary N) is 1. The molecular weight excluding hydrogens is 204 g/mol. The number of ether oxygens (including phenoxy) is 1. The van der Waals surface area contributed by atoms with E-state index in [-0.39, 0.29) is 0 Å². The Labute approximate surface area is 94.2 Å². The number of nitrogen functional groups attached to an aromatic ring is 1. The van der Waals surface area contributed by atoms with E-state index in [9.17, 15) is 0 Å². The van der Waals surface area contributed by atoms with Gasteiger partial charge in [-0.05, 0) is 12.8 Å². The molecule has 1 aromatic rings. The molecule has 5 nitrogen and oxygen atoms in total. The zero-order valence-electron chi connectivity index (χ0n) is 9.10. The molecule has 0 aromatic carbocycles. The number of nitriles is 1. The third kappa shape index (κ3) is 2.07. The third-order valence-electron chi connectivity index (χ3n) is 2.83. The maximum atomic E-state index is 8.92. The largest absolute Gasteiger partial charge is 0.384 e. The average Bonchev–Trinajstić information content (AvgIpc) is 2.23. The summed E-state index contributed by atoms with van der Waals surface area (Å²) in [6.07, 6.45) is 3.75. The minimum absolute atomic E-state index is 0.335. The molecule has 1 fully saturated rings. The molecule has 1 aliphatic carbocycles. The van der Waals surface area contributed by atoms with Crippen LogP contribution < -0.4 is 11.1 Å². The Hall–Kier alpha value is -1.80. The van der Waals surface area contributed by atoms with Crippen molar-refractivity contribution in [3.63, 3.8) is 0 Å². The number of nitrogens with two attached hydrogens (primary N) is 1. The van der Waals surface area contributed by atoms with Gasteiger partial charge in [-0.1, -0.05) is 0 Å². The fourth-order valence-corrected chi connectivity index (χ4v) is 1.78. The van der Waals surface area contributed by atoms with Gasteiger partial charge in [0.15, 0.2) is 0 Å². The van der Waals surface area contributed by atoms with E-state index in [0.29, 0.717) is 23.5 Å². The second-order valence-electron chi connectivity index (χ2n) is 3.94. The van der Waals surface area contributed by atoms with E-state index in [2.05, 4.69) is 16.4 Å². The van der Waals surface area contributed by atoms with Crippen LogP contribution in [0.5, 0.6) is 0 Å². The zero-order valence-corrected chi connectivity index (χ0v) is 9.10. The van der Waals surface area contributed by atoms with Crippen LogP contribution in [-0.4, -0.2) is 24.2 Å². The van der Waals surface area contributed by atoms with Crippen LogP contribution in [0, 0.1) is 11.3 Å². The summed E-state index contributed by atoms with van der Waals surface area (Å²) in [5.74, 6) is 0.420. The minimum Gasteiger partial charge on any atom is -0.384 e. The molecule has 0 aliphatic heterocycles. The highest BCUT2D eigenvalue weighted by Crippen LogP contribution is 2.27. The number of anilines is 2. The first-order valence-corrected chi connectivity index (χ1v) is 5.18. The number of aromatic nitrogens is 1. The van der Waals surface area contributed by atoms with Crippen LogP contribution in [0.4, 0.5) is 11.5 Å². The quantitative estimate of drug-likeness (QED) is 0.794. The second-order valence-corrected chi connectivity index (χ2v) is 3.94. The van der Waals surface area contributed by atoms with Crippen LogP contribution in [0.2, 0.25) is 0 Å². The van der Waals surface area contributed by atoms with Crippen molar-refractivity contribution in [3.8, 4) is 6.07 Å².